The van der Waals surface area contributed by atoms with Crippen LogP contribution in [0.25, 0.3) is 0 Å². The van der Waals surface area contributed by atoms with Crippen LogP contribution >= 0.6 is 0 Å². The van der Waals surface area contributed by atoms with Crippen LogP contribution in [0.4, 0.5) is 11.4 Å². The number of nitrogens with one attached hydrogen (secondary N) is 1. The summed E-state index contributed by atoms with van der Waals surface area (Å²) in [6.07, 6.45) is 0.447. The van der Waals surface area contributed by atoms with Crippen molar-refractivity contribution in [2.45, 2.75) is 20.3 Å². The smallest absolute Gasteiger partial charge is 0.224 e. The van der Waals surface area contributed by atoms with Gasteiger partial charge in [-0.1, -0.05) is 13.0 Å². The van der Waals surface area contributed by atoms with E-state index in [1.54, 1.807) is 7.11 Å². The maximum Gasteiger partial charge on any atom is 0.224 e. The van der Waals surface area contributed by atoms with Gasteiger partial charge in [0, 0.05) is 31.5 Å². The largest absolute Gasteiger partial charge is 0.398 e. The van der Waals surface area contributed by atoms with Crippen molar-refractivity contribution in [2.24, 2.45) is 5.92 Å². The summed E-state index contributed by atoms with van der Waals surface area (Å²) in [7, 11) is 1.64. The zero-order valence-electron chi connectivity index (χ0n) is 10.6. The van der Waals surface area contributed by atoms with Gasteiger partial charge in [0.25, 0.3) is 0 Å². The molecule has 0 aliphatic heterocycles. The molecule has 0 spiro atoms. The number of methoxy groups -OCH3 is 1. The minimum atomic E-state index is -0.0109. The van der Waals surface area contributed by atoms with Crippen molar-refractivity contribution in [1.82, 2.24) is 0 Å². The van der Waals surface area contributed by atoms with Crippen molar-refractivity contribution in [2.75, 3.05) is 24.8 Å². The molecule has 0 aliphatic rings. The molecule has 1 amide bonds. The lowest BCUT2D eigenvalue weighted by atomic mass is 10.1. The van der Waals surface area contributed by atoms with Gasteiger partial charge in [0.1, 0.15) is 0 Å². The maximum atomic E-state index is 11.8. The Kier molecular flexibility index (Phi) is 4.97. The molecular formula is C13H20N2O2. The molecule has 4 heteroatoms. The van der Waals surface area contributed by atoms with Crippen LogP contribution in [0.3, 0.4) is 0 Å². The fraction of sp³-hybridized carbons (Fsp3) is 0.462. The average molecular weight is 236 g/mol. The third-order valence-corrected chi connectivity index (χ3v) is 2.63. The number of nitrogens with two attached hydrogens (primary N) is 1. The Morgan fingerprint density at radius 3 is 2.88 bits per heavy atom. The predicted molar refractivity (Wildman–Crippen MR) is 69.9 cm³/mol. The van der Waals surface area contributed by atoms with E-state index < -0.39 is 0 Å². The maximum absolute atomic E-state index is 11.8. The summed E-state index contributed by atoms with van der Waals surface area (Å²) in [4.78, 5) is 11.8. The number of ether oxygens (including phenoxy) is 1. The summed E-state index contributed by atoms with van der Waals surface area (Å²) in [6, 6.07) is 5.50. The molecule has 0 fully saturated rings. The number of nitrogen functional groups attached to an aromatic ring is 1. The molecule has 1 rings (SSSR count). The monoisotopic (exact) mass is 236 g/mol. The Bertz CT molecular complexity index is 391. The SMILES string of the molecule is COCC(C)CC(=O)Nc1cccc(N)c1C. The van der Waals surface area contributed by atoms with Crippen LogP contribution in [0, 0.1) is 12.8 Å². The zero-order chi connectivity index (χ0) is 12.8. The first-order valence-electron chi connectivity index (χ1n) is 5.68. The number of anilines is 2. The quantitative estimate of drug-likeness (QED) is 0.770. The molecule has 3 N–H and O–H groups in total. The number of carbonyl (C=O) groups is 1. The van der Waals surface area contributed by atoms with Gasteiger partial charge in [-0.15, -0.1) is 0 Å². The minimum Gasteiger partial charge on any atom is -0.398 e. The van der Waals surface area contributed by atoms with Gasteiger partial charge in [-0.25, -0.2) is 0 Å². The van der Waals surface area contributed by atoms with Gasteiger partial charge in [0.15, 0.2) is 0 Å². The molecule has 1 aromatic rings. The van der Waals surface area contributed by atoms with E-state index in [2.05, 4.69) is 5.32 Å². The standard InChI is InChI=1S/C13H20N2O2/c1-9(8-17-3)7-13(16)15-12-6-4-5-11(14)10(12)2/h4-6,9H,7-8,14H2,1-3H3,(H,15,16). The Balaban J connectivity index is 2.59. The van der Waals surface area contributed by atoms with Gasteiger partial charge >= 0.3 is 0 Å². The summed E-state index contributed by atoms with van der Waals surface area (Å²) >= 11 is 0. The second-order valence-electron chi connectivity index (χ2n) is 4.33. The number of amides is 1. The van der Waals surface area contributed by atoms with Gasteiger partial charge in [0.2, 0.25) is 5.91 Å². The lowest BCUT2D eigenvalue weighted by Gasteiger charge is -2.12. The highest BCUT2D eigenvalue weighted by molar-refractivity contribution is 5.92. The minimum absolute atomic E-state index is 0.0109. The second-order valence-corrected chi connectivity index (χ2v) is 4.33. The highest BCUT2D eigenvalue weighted by atomic mass is 16.5. The van der Waals surface area contributed by atoms with E-state index >= 15 is 0 Å². The lowest BCUT2D eigenvalue weighted by molar-refractivity contribution is -0.117. The first kappa shape index (κ1) is 13.5. The van der Waals surface area contributed by atoms with Crippen molar-refractivity contribution >= 4 is 17.3 Å². The second kappa shape index (κ2) is 6.25. The van der Waals surface area contributed by atoms with Crippen molar-refractivity contribution < 1.29 is 9.53 Å². The van der Waals surface area contributed by atoms with E-state index in [-0.39, 0.29) is 11.8 Å². The Morgan fingerprint density at radius 1 is 1.53 bits per heavy atom. The van der Waals surface area contributed by atoms with Crippen LogP contribution < -0.4 is 11.1 Å². The fourth-order valence-corrected chi connectivity index (χ4v) is 1.65. The van der Waals surface area contributed by atoms with Crippen molar-refractivity contribution in [3.63, 3.8) is 0 Å². The summed E-state index contributed by atoms with van der Waals surface area (Å²) < 4.78 is 5.00. The Hall–Kier alpha value is -1.55. The lowest BCUT2D eigenvalue weighted by Crippen LogP contribution is -2.18. The molecule has 94 valence electrons. The van der Waals surface area contributed by atoms with Gasteiger partial charge in [-0.2, -0.15) is 0 Å². The van der Waals surface area contributed by atoms with E-state index in [1.807, 2.05) is 32.0 Å². The first-order chi connectivity index (χ1) is 8.04. The Labute approximate surface area is 102 Å². The van der Waals surface area contributed by atoms with E-state index in [4.69, 9.17) is 10.5 Å². The number of hydrogen-bond donors (Lipinski definition) is 2. The third-order valence-electron chi connectivity index (χ3n) is 2.63. The molecule has 0 radical (unpaired) electrons. The summed E-state index contributed by atoms with van der Waals surface area (Å²) in [5, 5.41) is 2.87. The Morgan fingerprint density at radius 2 is 2.24 bits per heavy atom. The van der Waals surface area contributed by atoms with E-state index in [0.717, 1.165) is 11.3 Å². The van der Waals surface area contributed by atoms with E-state index in [0.29, 0.717) is 18.7 Å². The molecule has 0 heterocycles. The van der Waals surface area contributed by atoms with Crippen LogP contribution in [-0.4, -0.2) is 19.6 Å². The molecule has 17 heavy (non-hydrogen) atoms. The molecule has 0 saturated heterocycles. The van der Waals surface area contributed by atoms with Crippen molar-refractivity contribution in [3.05, 3.63) is 23.8 Å². The molecule has 0 saturated carbocycles. The van der Waals surface area contributed by atoms with Crippen LogP contribution in [0.5, 0.6) is 0 Å². The number of benzene rings is 1. The van der Waals surface area contributed by atoms with Gasteiger partial charge in [-0.3, -0.25) is 4.79 Å². The highest BCUT2D eigenvalue weighted by Crippen LogP contribution is 2.20. The molecule has 0 aromatic heterocycles. The molecule has 1 atom stereocenters. The topological polar surface area (TPSA) is 64.3 Å². The number of rotatable bonds is 5. The zero-order valence-corrected chi connectivity index (χ0v) is 10.6. The fourth-order valence-electron chi connectivity index (χ4n) is 1.65. The van der Waals surface area contributed by atoms with Crippen molar-refractivity contribution in [1.29, 1.82) is 0 Å². The highest BCUT2D eigenvalue weighted by Gasteiger charge is 2.10. The van der Waals surface area contributed by atoms with Gasteiger partial charge < -0.3 is 15.8 Å². The summed E-state index contributed by atoms with van der Waals surface area (Å²) in [5.74, 6) is 0.199. The van der Waals surface area contributed by atoms with Crippen LogP contribution in [0.1, 0.15) is 18.9 Å². The summed E-state index contributed by atoms with van der Waals surface area (Å²) in [5.41, 5.74) is 8.14. The third kappa shape index (κ3) is 4.07. The molecule has 0 aliphatic carbocycles. The van der Waals surface area contributed by atoms with Crippen LogP contribution in [-0.2, 0) is 9.53 Å². The predicted octanol–water partition coefficient (Wildman–Crippen LogP) is 2.19. The normalized spacial score (nSPS) is 12.2. The summed E-state index contributed by atoms with van der Waals surface area (Å²) in [6.45, 7) is 4.46. The molecular weight excluding hydrogens is 216 g/mol. The molecule has 1 unspecified atom stereocenters. The van der Waals surface area contributed by atoms with Crippen LogP contribution in [0.15, 0.2) is 18.2 Å². The van der Waals surface area contributed by atoms with Gasteiger partial charge in [0.05, 0.1) is 0 Å². The molecule has 1 aromatic carbocycles. The van der Waals surface area contributed by atoms with Gasteiger partial charge in [-0.05, 0) is 30.5 Å². The number of carbonyl (C=O) groups excluding carboxylic acids is 1. The average Bonchev–Trinajstić information content (AvgIpc) is 2.25. The molecule has 4 nitrogen and oxygen atoms in total. The first-order valence-corrected chi connectivity index (χ1v) is 5.68. The van der Waals surface area contributed by atoms with E-state index in [1.165, 1.54) is 0 Å². The number of hydrogen-bond acceptors (Lipinski definition) is 3. The van der Waals surface area contributed by atoms with Crippen molar-refractivity contribution in [3.8, 4) is 0 Å². The molecule has 0 bridgehead atoms. The van der Waals surface area contributed by atoms with Crippen LogP contribution in [0.2, 0.25) is 0 Å². The van der Waals surface area contributed by atoms with E-state index in [9.17, 15) is 4.79 Å².